The van der Waals surface area contributed by atoms with Gasteiger partial charge in [0.15, 0.2) is 5.82 Å². The van der Waals surface area contributed by atoms with Crippen LogP contribution in [0, 0.1) is 0 Å². The number of hydrogen-bond donors (Lipinski definition) is 2. The van der Waals surface area contributed by atoms with Gasteiger partial charge < -0.3 is 10.4 Å². The highest BCUT2D eigenvalue weighted by Crippen LogP contribution is 2.17. The van der Waals surface area contributed by atoms with E-state index in [1.54, 1.807) is 13.8 Å². The highest BCUT2D eigenvalue weighted by molar-refractivity contribution is 6.28. The van der Waals surface area contributed by atoms with Crippen molar-refractivity contribution in [1.29, 1.82) is 0 Å². The maximum absolute atomic E-state index is 9.67. The number of halogens is 1. The lowest BCUT2D eigenvalue weighted by atomic mass is 10.1. The molecule has 1 aromatic carbocycles. The minimum absolute atomic E-state index is 0.118. The maximum atomic E-state index is 9.67. The highest BCUT2D eigenvalue weighted by Gasteiger charge is 2.14. The van der Waals surface area contributed by atoms with Crippen LogP contribution in [0.2, 0.25) is 5.28 Å². The Balaban J connectivity index is 2.25. The Morgan fingerprint density at radius 2 is 1.84 bits per heavy atom. The van der Waals surface area contributed by atoms with Crippen molar-refractivity contribution >= 4 is 17.5 Å². The van der Waals surface area contributed by atoms with Crippen LogP contribution in [-0.2, 0) is 0 Å². The summed E-state index contributed by atoms with van der Waals surface area (Å²) in [6.45, 7) is 3.71. The van der Waals surface area contributed by atoms with Gasteiger partial charge in [0.2, 0.25) is 11.2 Å². The molecule has 5 nitrogen and oxygen atoms in total. The van der Waals surface area contributed by atoms with E-state index in [9.17, 15) is 5.11 Å². The standard InChI is InChI=1S/C13H15ClN4O/c1-13(2,19)8-15-12-17-10(16-11(14)18-12)9-6-4-3-5-7-9/h3-7,19H,8H2,1-2H3,(H,15,16,17,18). The second-order valence-corrected chi connectivity index (χ2v) is 5.12. The van der Waals surface area contributed by atoms with E-state index in [4.69, 9.17) is 11.6 Å². The Hall–Kier alpha value is -1.72. The normalized spacial score (nSPS) is 11.4. The molecule has 0 saturated heterocycles. The van der Waals surface area contributed by atoms with Crippen molar-refractivity contribution in [2.45, 2.75) is 19.4 Å². The molecule has 100 valence electrons. The number of aromatic nitrogens is 3. The number of benzene rings is 1. The van der Waals surface area contributed by atoms with Crippen LogP contribution in [0.15, 0.2) is 30.3 Å². The molecule has 0 unspecified atom stereocenters. The van der Waals surface area contributed by atoms with Gasteiger partial charge in [-0.3, -0.25) is 0 Å². The summed E-state index contributed by atoms with van der Waals surface area (Å²) in [6, 6.07) is 9.50. The predicted molar refractivity (Wildman–Crippen MR) is 75.1 cm³/mol. The largest absolute Gasteiger partial charge is 0.389 e. The first kappa shape index (κ1) is 13.7. The summed E-state index contributed by atoms with van der Waals surface area (Å²) in [5, 5.41) is 12.7. The smallest absolute Gasteiger partial charge is 0.227 e. The van der Waals surface area contributed by atoms with Crippen LogP contribution in [0.3, 0.4) is 0 Å². The quantitative estimate of drug-likeness (QED) is 0.898. The van der Waals surface area contributed by atoms with Gasteiger partial charge in [0.05, 0.1) is 5.60 Å². The zero-order valence-electron chi connectivity index (χ0n) is 10.8. The Morgan fingerprint density at radius 3 is 2.47 bits per heavy atom. The molecule has 0 atom stereocenters. The topological polar surface area (TPSA) is 70.9 Å². The van der Waals surface area contributed by atoms with Crippen LogP contribution in [-0.4, -0.2) is 32.2 Å². The van der Waals surface area contributed by atoms with Crippen molar-refractivity contribution in [3.05, 3.63) is 35.6 Å². The van der Waals surface area contributed by atoms with Crippen molar-refractivity contribution in [2.24, 2.45) is 0 Å². The SMILES string of the molecule is CC(C)(O)CNc1nc(Cl)nc(-c2ccccc2)n1. The Bertz CT molecular complexity index is 554. The van der Waals surface area contributed by atoms with Crippen molar-refractivity contribution < 1.29 is 5.11 Å². The molecule has 19 heavy (non-hydrogen) atoms. The third kappa shape index (κ3) is 4.15. The highest BCUT2D eigenvalue weighted by atomic mass is 35.5. The molecule has 0 fully saturated rings. The molecule has 0 amide bonds. The monoisotopic (exact) mass is 278 g/mol. The van der Waals surface area contributed by atoms with Crippen LogP contribution in [0.25, 0.3) is 11.4 Å². The van der Waals surface area contributed by atoms with Gasteiger partial charge >= 0.3 is 0 Å². The summed E-state index contributed by atoms with van der Waals surface area (Å²) in [4.78, 5) is 12.4. The van der Waals surface area contributed by atoms with E-state index in [1.165, 1.54) is 0 Å². The van der Waals surface area contributed by atoms with Gasteiger partial charge in [-0.15, -0.1) is 0 Å². The second-order valence-electron chi connectivity index (χ2n) is 4.78. The number of anilines is 1. The number of hydrogen-bond acceptors (Lipinski definition) is 5. The molecule has 0 radical (unpaired) electrons. The first-order valence-electron chi connectivity index (χ1n) is 5.87. The van der Waals surface area contributed by atoms with E-state index >= 15 is 0 Å². The zero-order valence-corrected chi connectivity index (χ0v) is 11.5. The van der Waals surface area contributed by atoms with E-state index in [1.807, 2.05) is 30.3 Å². The fourth-order valence-corrected chi connectivity index (χ4v) is 1.60. The molecule has 2 N–H and O–H groups in total. The molecule has 1 heterocycles. The number of aliphatic hydroxyl groups is 1. The fourth-order valence-electron chi connectivity index (χ4n) is 1.44. The third-order valence-electron chi connectivity index (χ3n) is 2.32. The Kier molecular flexibility index (Phi) is 3.97. The van der Waals surface area contributed by atoms with Crippen LogP contribution < -0.4 is 5.32 Å². The predicted octanol–water partition coefficient (Wildman–Crippen LogP) is 2.37. The van der Waals surface area contributed by atoms with Crippen LogP contribution in [0.1, 0.15) is 13.8 Å². The van der Waals surface area contributed by atoms with E-state index in [0.29, 0.717) is 18.3 Å². The summed E-state index contributed by atoms with van der Waals surface area (Å²) in [5.41, 5.74) is 0.00422. The summed E-state index contributed by atoms with van der Waals surface area (Å²) in [5.74, 6) is 0.847. The first-order valence-corrected chi connectivity index (χ1v) is 6.25. The van der Waals surface area contributed by atoms with Gasteiger partial charge in [-0.2, -0.15) is 15.0 Å². The van der Waals surface area contributed by atoms with Crippen molar-refractivity contribution in [3.8, 4) is 11.4 Å². The van der Waals surface area contributed by atoms with Crippen molar-refractivity contribution in [3.63, 3.8) is 0 Å². The molecule has 6 heteroatoms. The average molecular weight is 279 g/mol. The molecule has 0 bridgehead atoms. The molecule has 2 aromatic rings. The van der Waals surface area contributed by atoms with Crippen molar-refractivity contribution in [1.82, 2.24) is 15.0 Å². The first-order chi connectivity index (χ1) is 8.94. The van der Waals surface area contributed by atoms with Gasteiger partial charge in [0, 0.05) is 12.1 Å². The van der Waals surface area contributed by atoms with Crippen molar-refractivity contribution in [2.75, 3.05) is 11.9 Å². The zero-order chi connectivity index (χ0) is 13.9. The molecule has 0 saturated carbocycles. The lowest BCUT2D eigenvalue weighted by Gasteiger charge is -2.17. The minimum atomic E-state index is -0.855. The number of nitrogens with one attached hydrogen (secondary N) is 1. The van der Waals surface area contributed by atoms with Gasteiger partial charge in [-0.25, -0.2) is 0 Å². The lowest BCUT2D eigenvalue weighted by molar-refractivity contribution is 0.0943. The summed E-state index contributed by atoms with van der Waals surface area (Å²) >= 11 is 5.89. The van der Waals surface area contributed by atoms with Crippen LogP contribution >= 0.6 is 11.6 Å². The summed E-state index contributed by atoms with van der Waals surface area (Å²) in [7, 11) is 0. The van der Waals surface area contributed by atoms with Gasteiger partial charge in [0.25, 0.3) is 0 Å². The number of rotatable bonds is 4. The molecular weight excluding hydrogens is 264 g/mol. The summed E-state index contributed by atoms with van der Waals surface area (Å²) in [6.07, 6.45) is 0. The average Bonchev–Trinajstić information content (AvgIpc) is 2.36. The molecule has 0 aliphatic carbocycles. The number of nitrogens with zero attached hydrogens (tertiary/aromatic N) is 3. The molecule has 0 spiro atoms. The van der Waals surface area contributed by atoms with Crippen LogP contribution in [0.5, 0.6) is 0 Å². The third-order valence-corrected chi connectivity index (χ3v) is 2.49. The van der Waals surface area contributed by atoms with Crippen LogP contribution in [0.4, 0.5) is 5.95 Å². The van der Waals surface area contributed by atoms with E-state index in [0.717, 1.165) is 5.56 Å². The Morgan fingerprint density at radius 1 is 1.16 bits per heavy atom. The minimum Gasteiger partial charge on any atom is -0.389 e. The molecule has 0 aliphatic heterocycles. The fraction of sp³-hybridized carbons (Fsp3) is 0.308. The molecule has 2 rings (SSSR count). The molecule has 1 aromatic heterocycles. The summed E-state index contributed by atoms with van der Waals surface area (Å²) < 4.78 is 0. The van der Waals surface area contributed by atoms with Gasteiger partial charge in [-0.05, 0) is 25.4 Å². The van der Waals surface area contributed by atoms with E-state index in [2.05, 4.69) is 20.3 Å². The van der Waals surface area contributed by atoms with E-state index in [-0.39, 0.29) is 5.28 Å². The van der Waals surface area contributed by atoms with Gasteiger partial charge in [0.1, 0.15) is 0 Å². The Labute approximate surface area is 116 Å². The lowest BCUT2D eigenvalue weighted by Crippen LogP contribution is -2.30. The molecule has 0 aliphatic rings. The van der Waals surface area contributed by atoms with E-state index < -0.39 is 5.60 Å². The van der Waals surface area contributed by atoms with Gasteiger partial charge in [-0.1, -0.05) is 30.3 Å². The molecular formula is C13H15ClN4O. The second kappa shape index (κ2) is 5.50. The maximum Gasteiger partial charge on any atom is 0.227 e.